The van der Waals surface area contributed by atoms with E-state index in [9.17, 15) is 14.4 Å². The van der Waals surface area contributed by atoms with Crippen molar-refractivity contribution in [2.24, 2.45) is 11.8 Å². The molecule has 0 bridgehead atoms. The van der Waals surface area contributed by atoms with Crippen molar-refractivity contribution in [1.29, 1.82) is 0 Å². The average molecular weight is 358 g/mol. The molecule has 1 saturated carbocycles. The molecule has 2 fully saturated rings. The molecule has 1 N–H and O–H groups in total. The highest BCUT2D eigenvalue weighted by Gasteiger charge is 2.33. The van der Waals surface area contributed by atoms with Crippen molar-refractivity contribution in [1.82, 2.24) is 4.90 Å². The Morgan fingerprint density at radius 3 is 2.46 bits per heavy atom. The van der Waals surface area contributed by atoms with E-state index in [1.165, 1.54) is 32.6 Å². The normalized spacial score (nSPS) is 22.3. The van der Waals surface area contributed by atoms with Crippen LogP contribution in [0.5, 0.6) is 0 Å². The van der Waals surface area contributed by atoms with Crippen LogP contribution in [0, 0.1) is 11.8 Å². The highest BCUT2D eigenvalue weighted by atomic mass is 16.5. The number of likely N-dealkylation sites (tertiary alicyclic amines) is 1. The van der Waals surface area contributed by atoms with Crippen LogP contribution in [0.2, 0.25) is 0 Å². The summed E-state index contributed by atoms with van der Waals surface area (Å²) in [5.74, 6) is 0.557. The molecular formula is C20H26N2O4. The van der Waals surface area contributed by atoms with E-state index in [2.05, 4.69) is 5.32 Å². The third-order valence-electron chi connectivity index (χ3n) is 5.41. The first-order valence-electron chi connectivity index (χ1n) is 9.35. The Morgan fingerprint density at radius 1 is 1.08 bits per heavy atom. The number of fused-ring (bicyclic) bond motifs is 1. The molecule has 0 radical (unpaired) electrons. The van der Waals surface area contributed by atoms with Gasteiger partial charge < -0.3 is 15.0 Å². The molecule has 1 aromatic carbocycles. The molecule has 0 unspecified atom stereocenters. The number of amides is 2. The summed E-state index contributed by atoms with van der Waals surface area (Å²) >= 11 is 0. The number of ether oxygens (including phenoxy) is 1. The Balaban J connectivity index is 1.48. The Bertz CT molecular complexity index is 671. The topological polar surface area (TPSA) is 75.7 Å². The Hall–Kier alpha value is -2.37. The van der Waals surface area contributed by atoms with E-state index in [0.29, 0.717) is 17.2 Å². The first-order chi connectivity index (χ1) is 12.5. The van der Waals surface area contributed by atoms with Crippen molar-refractivity contribution < 1.29 is 19.1 Å². The number of rotatable bonds is 4. The van der Waals surface area contributed by atoms with E-state index >= 15 is 0 Å². The van der Waals surface area contributed by atoms with Gasteiger partial charge in [-0.15, -0.1) is 0 Å². The summed E-state index contributed by atoms with van der Waals surface area (Å²) in [6, 6.07) is 6.42. The maximum atomic E-state index is 12.4. The standard InChI is InChI=1S/C20H26N2O4/c1-14(23)21-18-8-6-16(7-9-18)20(25)26-13-19(24)22-11-10-15-4-2-3-5-17(15)12-22/h6-9,15,17H,2-5,10-13H2,1H3,(H,21,23)/t15-,17-/m1/s1. The van der Waals surface area contributed by atoms with Gasteiger partial charge in [0.25, 0.3) is 5.91 Å². The van der Waals surface area contributed by atoms with Gasteiger partial charge in [-0.25, -0.2) is 4.79 Å². The Kier molecular flexibility index (Phi) is 5.91. The van der Waals surface area contributed by atoms with Gasteiger partial charge in [0.2, 0.25) is 5.91 Å². The van der Waals surface area contributed by atoms with Crippen LogP contribution in [-0.2, 0) is 14.3 Å². The minimum atomic E-state index is -0.528. The van der Waals surface area contributed by atoms with Gasteiger partial charge in [-0.3, -0.25) is 9.59 Å². The highest BCUT2D eigenvalue weighted by molar-refractivity contribution is 5.93. The molecule has 0 spiro atoms. The summed E-state index contributed by atoms with van der Waals surface area (Å²) in [7, 11) is 0. The number of piperidine rings is 1. The van der Waals surface area contributed by atoms with Crippen LogP contribution in [0.4, 0.5) is 5.69 Å². The molecule has 0 aromatic heterocycles. The Labute approximate surface area is 153 Å². The maximum Gasteiger partial charge on any atom is 0.338 e. The first-order valence-corrected chi connectivity index (χ1v) is 9.35. The second-order valence-corrected chi connectivity index (χ2v) is 7.27. The zero-order chi connectivity index (χ0) is 18.5. The largest absolute Gasteiger partial charge is 0.452 e. The fourth-order valence-electron chi connectivity index (χ4n) is 4.02. The van der Waals surface area contributed by atoms with Crippen LogP contribution in [0.1, 0.15) is 49.4 Å². The van der Waals surface area contributed by atoms with Crippen molar-refractivity contribution in [2.45, 2.75) is 39.0 Å². The summed E-state index contributed by atoms with van der Waals surface area (Å²) in [4.78, 5) is 37.3. The smallest absolute Gasteiger partial charge is 0.338 e. The fourth-order valence-corrected chi connectivity index (χ4v) is 4.02. The van der Waals surface area contributed by atoms with Crippen LogP contribution in [-0.4, -0.2) is 42.4 Å². The van der Waals surface area contributed by atoms with Crippen LogP contribution in [0.25, 0.3) is 0 Å². The summed E-state index contributed by atoms with van der Waals surface area (Å²) in [6.45, 7) is 2.77. The summed E-state index contributed by atoms with van der Waals surface area (Å²) < 4.78 is 5.18. The van der Waals surface area contributed by atoms with Crippen molar-refractivity contribution in [3.8, 4) is 0 Å². The van der Waals surface area contributed by atoms with E-state index in [1.54, 1.807) is 24.3 Å². The number of carbonyl (C=O) groups excluding carboxylic acids is 3. The zero-order valence-electron chi connectivity index (χ0n) is 15.2. The van der Waals surface area contributed by atoms with Crippen molar-refractivity contribution in [3.05, 3.63) is 29.8 Å². The van der Waals surface area contributed by atoms with E-state index < -0.39 is 5.97 Å². The number of benzene rings is 1. The molecule has 1 aliphatic heterocycles. The second kappa shape index (κ2) is 8.34. The Morgan fingerprint density at radius 2 is 1.77 bits per heavy atom. The van der Waals surface area contributed by atoms with Gasteiger partial charge in [-0.1, -0.05) is 19.3 Å². The van der Waals surface area contributed by atoms with Crippen LogP contribution in [0.3, 0.4) is 0 Å². The van der Waals surface area contributed by atoms with Crippen LogP contribution >= 0.6 is 0 Å². The maximum absolute atomic E-state index is 12.4. The number of esters is 1. The molecular weight excluding hydrogens is 332 g/mol. The lowest BCUT2D eigenvalue weighted by molar-refractivity contribution is -0.137. The fraction of sp³-hybridized carbons (Fsp3) is 0.550. The summed E-state index contributed by atoms with van der Waals surface area (Å²) in [5.41, 5.74) is 0.971. The number of carbonyl (C=O) groups is 3. The SMILES string of the molecule is CC(=O)Nc1ccc(C(=O)OCC(=O)N2CC[C@H]3CCCC[C@@H]3C2)cc1. The van der Waals surface area contributed by atoms with Gasteiger partial charge in [-0.2, -0.15) is 0 Å². The molecule has 1 saturated heterocycles. The van der Waals surface area contributed by atoms with Gasteiger partial charge in [-0.05, 0) is 48.9 Å². The van der Waals surface area contributed by atoms with E-state index in [-0.39, 0.29) is 18.4 Å². The number of anilines is 1. The summed E-state index contributed by atoms with van der Waals surface area (Å²) in [5, 5.41) is 2.64. The van der Waals surface area contributed by atoms with Crippen molar-refractivity contribution in [3.63, 3.8) is 0 Å². The molecule has 2 atom stereocenters. The minimum absolute atomic E-state index is 0.114. The number of nitrogens with zero attached hydrogens (tertiary/aromatic N) is 1. The van der Waals surface area contributed by atoms with Gasteiger partial charge in [0, 0.05) is 25.7 Å². The van der Waals surface area contributed by atoms with Gasteiger partial charge in [0.1, 0.15) is 0 Å². The van der Waals surface area contributed by atoms with Crippen LogP contribution in [0.15, 0.2) is 24.3 Å². The molecule has 6 heteroatoms. The lowest BCUT2D eigenvalue weighted by Crippen LogP contribution is -2.46. The molecule has 1 aliphatic carbocycles. The first kappa shape index (κ1) is 18.4. The zero-order valence-corrected chi connectivity index (χ0v) is 15.2. The predicted molar refractivity (Wildman–Crippen MR) is 97.7 cm³/mol. The molecule has 2 amide bonds. The number of nitrogens with one attached hydrogen (secondary N) is 1. The van der Waals surface area contributed by atoms with Crippen molar-refractivity contribution in [2.75, 3.05) is 25.0 Å². The third-order valence-corrected chi connectivity index (χ3v) is 5.41. The van der Waals surface area contributed by atoms with E-state index in [0.717, 1.165) is 25.4 Å². The molecule has 3 rings (SSSR count). The monoisotopic (exact) mass is 358 g/mol. The predicted octanol–water partition coefficient (Wildman–Crippen LogP) is 2.84. The van der Waals surface area contributed by atoms with Crippen LogP contribution < -0.4 is 5.32 Å². The van der Waals surface area contributed by atoms with E-state index in [4.69, 9.17) is 4.74 Å². The minimum Gasteiger partial charge on any atom is -0.452 e. The molecule has 1 heterocycles. The molecule has 26 heavy (non-hydrogen) atoms. The van der Waals surface area contributed by atoms with E-state index in [1.807, 2.05) is 4.90 Å². The number of hydrogen-bond acceptors (Lipinski definition) is 4. The van der Waals surface area contributed by atoms with Crippen molar-refractivity contribution >= 4 is 23.5 Å². The molecule has 1 aromatic rings. The third kappa shape index (κ3) is 4.62. The quantitative estimate of drug-likeness (QED) is 0.840. The molecule has 140 valence electrons. The summed E-state index contributed by atoms with van der Waals surface area (Å²) in [6.07, 6.45) is 6.13. The second-order valence-electron chi connectivity index (χ2n) is 7.27. The highest BCUT2D eigenvalue weighted by Crippen LogP contribution is 2.36. The number of hydrogen-bond donors (Lipinski definition) is 1. The average Bonchev–Trinajstić information content (AvgIpc) is 2.65. The molecule has 2 aliphatic rings. The molecule has 6 nitrogen and oxygen atoms in total. The van der Waals surface area contributed by atoms with Gasteiger partial charge in [0.15, 0.2) is 6.61 Å². The lowest BCUT2D eigenvalue weighted by Gasteiger charge is -2.41. The lowest BCUT2D eigenvalue weighted by atomic mass is 9.75. The van der Waals surface area contributed by atoms with Gasteiger partial charge >= 0.3 is 5.97 Å². The van der Waals surface area contributed by atoms with Gasteiger partial charge in [0.05, 0.1) is 5.56 Å².